The molecule has 0 atom stereocenters. The Morgan fingerprint density at radius 1 is 0.523 bits per heavy atom. The number of aromatic nitrogens is 1. The van der Waals surface area contributed by atoms with E-state index in [2.05, 4.69) is 4.98 Å². The fourth-order valence-corrected chi connectivity index (χ4v) is 3.02. The highest BCUT2D eigenvalue weighted by Gasteiger charge is 1.98. The van der Waals surface area contributed by atoms with Crippen molar-refractivity contribution in [1.29, 1.82) is 0 Å². The minimum atomic E-state index is -0.315. The molecule has 1 aromatic heterocycles. The molecule has 0 fully saturated rings. The molecule has 1 heterocycles. The molecule has 0 saturated heterocycles. The zero-order valence-electron chi connectivity index (χ0n) is 25.7. The van der Waals surface area contributed by atoms with Crippen molar-refractivity contribution in [2.75, 3.05) is 7.11 Å². The van der Waals surface area contributed by atoms with Gasteiger partial charge in [0.05, 0.1) is 12.8 Å². The largest absolute Gasteiger partial charge is 0.508 e. The van der Waals surface area contributed by atoms with Crippen LogP contribution in [-0.4, -0.2) is 42.7 Å². The van der Waals surface area contributed by atoms with Crippen molar-refractivity contribution in [3.63, 3.8) is 0 Å². The first-order valence-electron chi connectivity index (χ1n) is 13.4. The standard InChI is InChI=1S/C8H10O2.C7H7FO.C7H8O2.C7H8O.C6H7NO/c1-6-5-7(10-2)3-4-8(6)9;1-5-4-6(8)2-3-7(5)9;1-5-6(8)3-2-4-7(5)9;1-6-4-2-3-5-7(6)8;1-5-6(8)3-2-4-7-5/h3-5,9H,1-2H3;2-4,9H,1H3;2-4,8-9H,1H3;2-5,8H,1H3;2-4,8H,1H3. The third-order valence-electron chi connectivity index (χ3n) is 5.93. The number of hydrogen-bond acceptors (Lipinski definition) is 8. The van der Waals surface area contributed by atoms with Crippen molar-refractivity contribution in [1.82, 2.24) is 4.98 Å². The van der Waals surface area contributed by atoms with Gasteiger partial charge in [-0.05, 0) is 118 Å². The lowest BCUT2D eigenvalue weighted by atomic mass is 10.2. The van der Waals surface area contributed by atoms with E-state index in [1.165, 1.54) is 30.3 Å². The number of benzene rings is 4. The summed E-state index contributed by atoms with van der Waals surface area (Å²) in [6.07, 6.45) is 1.65. The van der Waals surface area contributed by atoms with Crippen LogP contribution in [0.4, 0.5) is 4.39 Å². The summed E-state index contributed by atoms with van der Waals surface area (Å²) >= 11 is 0. The minimum absolute atomic E-state index is 0.134. The number of ether oxygens (including phenoxy) is 1. The van der Waals surface area contributed by atoms with Crippen molar-refractivity contribution in [2.45, 2.75) is 34.6 Å². The summed E-state index contributed by atoms with van der Waals surface area (Å²) in [5.74, 6) is 1.79. The molecule has 0 saturated carbocycles. The van der Waals surface area contributed by atoms with E-state index >= 15 is 0 Å². The predicted molar refractivity (Wildman–Crippen MR) is 170 cm³/mol. The van der Waals surface area contributed by atoms with Crippen LogP contribution in [0.1, 0.15) is 27.9 Å². The zero-order chi connectivity index (χ0) is 33.2. The maximum Gasteiger partial charge on any atom is 0.136 e. The van der Waals surface area contributed by atoms with Gasteiger partial charge in [0.2, 0.25) is 0 Å². The van der Waals surface area contributed by atoms with Crippen molar-refractivity contribution in [3.05, 3.63) is 131 Å². The Kier molecular flexibility index (Phi) is 15.7. The van der Waals surface area contributed by atoms with E-state index in [1.54, 1.807) is 76.5 Å². The normalized spacial score (nSPS) is 9.34. The number of phenols is 5. The van der Waals surface area contributed by atoms with Gasteiger partial charge in [-0.15, -0.1) is 0 Å². The Morgan fingerprint density at radius 2 is 1.02 bits per heavy atom. The number of halogens is 1. The van der Waals surface area contributed by atoms with Crippen LogP contribution in [0.25, 0.3) is 0 Å². The van der Waals surface area contributed by atoms with E-state index < -0.39 is 0 Å². The number of hydrogen-bond donors (Lipinski definition) is 6. The molecule has 5 aromatic rings. The van der Waals surface area contributed by atoms with E-state index in [-0.39, 0.29) is 28.8 Å². The van der Waals surface area contributed by atoms with Crippen LogP contribution >= 0.6 is 0 Å². The van der Waals surface area contributed by atoms with Gasteiger partial charge in [-0.25, -0.2) is 4.39 Å². The van der Waals surface area contributed by atoms with Crippen molar-refractivity contribution in [3.8, 4) is 40.2 Å². The molecule has 0 unspecified atom stereocenters. The summed E-state index contributed by atoms with van der Waals surface area (Å²) in [5, 5.41) is 53.6. The second kappa shape index (κ2) is 18.9. The van der Waals surface area contributed by atoms with E-state index in [0.29, 0.717) is 28.3 Å². The highest BCUT2D eigenvalue weighted by atomic mass is 19.1. The van der Waals surface area contributed by atoms with Crippen molar-refractivity contribution in [2.24, 2.45) is 0 Å². The summed E-state index contributed by atoms with van der Waals surface area (Å²) in [6.45, 7) is 8.77. The van der Waals surface area contributed by atoms with E-state index in [1.807, 2.05) is 32.0 Å². The molecule has 234 valence electrons. The van der Waals surface area contributed by atoms with Crippen molar-refractivity contribution < 1.29 is 39.8 Å². The third kappa shape index (κ3) is 13.5. The second-order valence-corrected chi connectivity index (χ2v) is 9.40. The number of nitrogens with zero attached hydrogens (tertiary/aromatic N) is 1. The van der Waals surface area contributed by atoms with Crippen LogP contribution in [-0.2, 0) is 0 Å². The fraction of sp³-hybridized carbons (Fsp3) is 0.171. The van der Waals surface area contributed by atoms with Gasteiger partial charge in [0.25, 0.3) is 0 Å². The molecule has 0 aliphatic rings. The summed E-state index contributed by atoms with van der Waals surface area (Å²) in [5.41, 5.74) is 3.52. The van der Waals surface area contributed by atoms with Crippen LogP contribution in [0.5, 0.6) is 40.2 Å². The molecule has 0 amide bonds. The molecule has 6 N–H and O–H groups in total. The van der Waals surface area contributed by atoms with Gasteiger partial charge in [0, 0.05) is 11.8 Å². The Bertz CT molecular complexity index is 1490. The van der Waals surface area contributed by atoms with Crippen LogP contribution < -0.4 is 4.74 Å². The molecule has 0 aliphatic carbocycles. The quantitative estimate of drug-likeness (QED) is 0.114. The molecule has 8 nitrogen and oxygen atoms in total. The van der Waals surface area contributed by atoms with Gasteiger partial charge < -0.3 is 35.4 Å². The number of pyridine rings is 1. The lowest BCUT2D eigenvalue weighted by Gasteiger charge is -2.01. The molecule has 0 bridgehead atoms. The smallest absolute Gasteiger partial charge is 0.136 e. The predicted octanol–water partition coefficient (Wildman–Crippen LogP) is 7.75. The number of aryl methyl sites for hydroxylation is 4. The van der Waals surface area contributed by atoms with E-state index in [9.17, 15) is 4.39 Å². The second-order valence-electron chi connectivity index (χ2n) is 9.40. The van der Waals surface area contributed by atoms with Gasteiger partial charge in [0.15, 0.2) is 0 Å². The molecule has 0 aliphatic heterocycles. The maximum absolute atomic E-state index is 12.2. The minimum Gasteiger partial charge on any atom is -0.508 e. The van der Waals surface area contributed by atoms with Crippen LogP contribution in [0, 0.1) is 40.4 Å². The highest BCUT2D eigenvalue weighted by Crippen LogP contribution is 2.24. The molecule has 0 radical (unpaired) electrons. The summed E-state index contributed by atoms with van der Waals surface area (Å²) in [4.78, 5) is 3.83. The Morgan fingerprint density at radius 3 is 1.41 bits per heavy atom. The Hall–Kier alpha value is -5.44. The molecule has 9 heteroatoms. The van der Waals surface area contributed by atoms with Crippen LogP contribution in [0.2, 0.25) is 0 Å². The first-order valence-corrected chi connectivity index (χ1v) is 13.4. The summed E-state index contributed by atoms with van der Waals surface area (Å²) in [6, 6.07) is 24.2. The average molecular weight is 606 g/mol. The first kappa shape index (κ1) is 36.6. The maximum atomic E-state index is 12.2. The van der Waals surface area contributed by atoms with E-state index in [4.69, 9.17) is 35.4 Å². The van der Waals surface area contributed by atoms with Crippen LogP contribution in [0.15, 0.2) is 97.2 Å². The molecule has 44 heavy (non-hydrogen) atoms. The molecular weight excluding hydrogens is 565 g/mol. The zero-order valence-corrected chi connectivity index (χ0v) is 25.7. The summed E-state index contributed by atoms with van der Waals surface area (Å²) < 4.78 is 17.2. The van der Waals surface area contributed by atoms with Gasteiger partial charge in [0.1, 0.15) is 46.1 Å². The number of aromatic hydroxyl groups is 6. The number of rotatable bonds is 1. The average Bonchev–Trinajstić information content (AvgIpc) is 3.00. The van der Waals surface area contributed by atoms with Gasteiger partial charge in [-0.2, -0.15) is 0 Å². The van der Waals surface area contributed by atoms with Crippen LogP contribution in [0.3, 0.4) is 0 Å². The van der Waals surface area contributed by atoms with Crippen molar-refractivity contribution >= 4 is 0 Å². The Balaban J connectivity index is 0.000000276. The third-order valence-corrected chi connectivity index (χ3v) is 5.93. The lowest BCUT2D eigenvalue weighted by Crippen LogP contribution is -1.82. The van der Waals surface area contributed by atoms with Gasteiger partial charge >= 0.3 is 0 Å². The topological polar surface area (TPSA) is 144 Å². The number of methoxy groups -OCH3 is 1. The fourth-order valence-electron chi connectivity index (χ4n) is 3.02. The monoisotopic (exact) mass is 605 g/mol. The number of phenolic OH excluding ortho intramolecular Hbond substituents is 5. The van der Waals surface area contributed by atoms with Gasteiger partial charge in [-0.3, -0.25) is 4.98 Å². The molecule has 0 spiro atoms. The van der Waals surface area contributed by atoms with E-state index in [0.717, 1.165) is 16.9 Å². The Labute approximate surface area is 257 Å². The highest BCUT2D eigenvalue weighted by molar-refractivity contribution is 5.41. The molecule has 5 rings (SSSR count). The SMILES string of the molecule is COc1ccc(O)c(C)c1.Cc1c(O)cccc1O.Cc1cc(F)ccc1O.Cc1ccccc1O.Cc1ncccc1O. The molecular formula is C35H40FNO7. The van der Waals surface area contributed by atoms with Gasteiger partial charge in [-0.1, -0.05) is 24.3 Å². The lowest BCUT2D eigenvalue weighted by molar-refractivity contribution is 0.411. The number of para-hydroxylation sites is 1. The first-order chi connectivity index (χ1) is 20.8. The molecule has 4 aromatic carbocycles. The summed E-state index contributed by atoms with van der Waals surface area (Å²) in [7, 11) is 1.60.